The zero-order valence-electron chi connectivity index (χ0n) is 7.23. The second-order valence-corrected chi connectivity index (χ2v) is 3.24. The van der Waals surface area contributed by atoms with E-state index in [1.165, 1.54) is 0 Å². The molecule has 0 saturated carbocycles. The van der Waals surface area contributed by atoms with Crippen molar-refractivity contribution < 1.29 is 14.7 Å². The van der Waals surface area contributed by atoms with Crippen LogP contribution in [-0.4, -0.2) is 24.4 Å². The Morgan fingerprint density at radius 2 is 2.17 bits per heavy atom. The van der Waals surface area contributed by atoms with Crippen LogP contribution in [0.15, 0.2) is 0 Å². The van der Waals surface area contributed by atoms with Gasteiger partial charge in [0.05, 0.1) is 6.61 Å². The third kappa shape index (κ3) is 2.07. The molecule has 5 heteroatoms. The first kappa shape index (κ1) is 9.25. The molecule has 1 aliphatic heterocycles. The van der Waals surface area contributed by atoms with Gasteiger partial charge >= 0.3 is 0 Å². The Balaban J connectivity index is 2.46. The molecule has 0 aromatic heterocycles. The first-order valence-electron chi connectivity index (χ1n) is 4.00. The average molecular weight is 175 g/mol. The van der Waals surface area contributed by atoms with Gasteiger partial charge < -0.3 is 9.57 Å². The molecule has 0 N–H and O–H groups in total. The highest BCUT2D eigenvalue weighted by Crippen LogP contribution is 2.23. The summed E-state index contributed by atoms with van der Waals surface area (Å²) in [6.07, 6.45) is -0.399. The molecule has 3 unspecified atom stereocenters. The second-order valence-electron chi connectivity index (χ2n) is 3.24. The molecule has 0 aromatic carbocycles. The number of rotatable bonds is 2. The monoisotopic (exact) mass is 175 g/mol. The maximum absolute atomic E-state index is 10.0. The van der Waals surface area contributed by atoms with E-state index in [0.29, 0.717) is 19.1 Å². The third-order valence-electron chi connectivity index (χ3n) is 2.37. The van der Waals surface area contributed by atoms with Gasteiger partial charge in [0.25, 0.3) is 5.09 Å². The van der Waals surface area contributed by atoms with Crippen molar-refractivity contribution in [3.05, 3.63) is 10.1 Å². The van der Waals surface area contributed by atoms with E-state index in [-0.39, 0.29) is 5.92 Å². The van der Waals surface area contributed by atoms with E-state index >= 15 is 0 Å². The van der Waals surface area contributed by atoms with Crippen LogP contribution in [-0.2, 0) is 9.57 Å². The minimum atomic E-state index is -0.747. The van der Waals surface area contributed by atoms with Crippen LogP contribution in [0.1, 0.15) is 13.8 Å². The number of ether oxygens (including phenoxy) is 1. The fraction of sp³-hybridized carbons (Fsp3) is 1.00. The number of nitrogens with zero attached hydrogens (tertiary/aromatic N) is 1. The zero-order chi connectivity index (χ0) is 9.14. The van der Waals surface area contributed by atoms with Crippen LogP contribution in [0, 0.1) is 22.0 Å². The van der Waals surface area contributed by atoms with Crippen LogP contribution in [0.3, 0.4) is 0 Å². The van der Waals surface area contributed by atoms with Crippen molar-refractivity contribution >= 4 is 0 Å². The van der Waals surface area contributed by atoms with Crippen LogP contribution in [0.4, 0.5) is 0 Å². The van der Waals surface area contributed by atoms with Gasteiger partial charge in [-0.05, 0) is 11.8 Å². The normalized spacial score (nSPS) is 36.0. The second kappa shape index (κ2) is 3.71. The van der Waals surface area contributed by atoms with E-state index < -0.39 is 11.2 Å². The van der Waals surface area contributed by atoms with Gasteiger partial charge in [0.2, 0.25) is 0 Å². The Labute approximate surface area is 70.8 Å². The van der Waals surface area contributed by atoms with Gasteiger partial charge in [0.1, 0.15) is 6.10 Å². The molecule has 1 rings (SSSR count). The number of hydrogen-bond donors (Lipinski definition) is 0. The summed E-state index contributed by atoms with van der Waals surface area (Å²) in [6, 6.07) is 0. The summed E-state index contributed by atoms with van der Waals surface area (Å²) in [6.45, 7) is 4.94. The van der Waals surface area contributed by atoms with E-state index in [1.807, 2.05) is 13.8 Å². The lowest BCUT2D eigenvalue weighted by atomic mass is 9.90. The first-order valence-corrected chi connectivity index (χ1v) is 4.00. The third-order valence-corrected chi connectivity index (χ3v) is 2.37. The fourth-order valence-electron chi connectivity index (χ4n) is 1.28. The molecule has 1 aliphatic rings. The summed E-state index contributed by atoms with van der Waals surface area (Å²) >= 11 is 0. The molecule has 0 bridgehead atoms. The molecule has 0 aliphatic carbocycles. The summed E-state index contributed by atoms with van der Waals surface area (Å²) in [7, 11) is 0. The van der Waals surface area contributed by atoms with Crippen LogP contribution in [0.2, 0.25) is 0 Å². The summed E-state index contributed by atoms with van der Waals surface area (Å²) in [5.74, 6) is 0.507. The quantitative estimate of drug-likeness (QED) is 0.461. The molecule has 12 heavy (non-hydrogen) atoms. The van der Waals surface area contributed by atoms with Crippen LogP contribution >= 0.6 is 0 Å². The molecule has 5 nitrogen and oxygen atoms in total. The van der Waals surface area contributed by atoms with E-state index in [2.05, 4.69) is 4.84 Å². The lowest BCUT2D eigenvalue weighted by molar-refractivity contribution is -0.772. The predicted octanol–water partition coefficient (Wildman–Crippen LogP) is 0.866. The summed E-state index contributed by atoms with van der Waals surface area (Å²) in [5, 5.41) is 9.30. The summed E-state index contributed by atoms with van der Waals surface area (Å²) < 4.78 is 5.14. The van der Waals surface area contributed by atoms with Crippen LogP contribution in [0.25, 0.3) is 0 Å². The Kier molecular flexibility index (Phi) is 2.86. The maximum Gasteiger partial charge on any atom is 0.294 e. The number of hydrogen-bond acceptors (Lipinski definition) is 4. The summed E-state index contributed by atoms with van der Waals surface area (Å²) in [4.78, 5) is 14.5. The molecule has 3 atom stereocenters. The summed E-state index contributed by atoms with van der Waals surface area (Å²) in [5.41, 5.74) is 0. The van der Waals surface area contributed by atoms with E-state index in [1.54, 1.807) is 0 Å². The smallest absolute Gasteiger partial charge is 0.294 e. The minimum absolute atomic E-state index is 0.184. The molecular formula is C7H13NO4. The molecule has 0 amide bonds. The van der Waals surface area contributed by atoms with Gasteiger partial charge in [-0.1, -0.05) is 13.8 Å². The lowest BCUT2D eigenvalue weighted by Crippen LogP contribution is -2.39. The SMILES string of the molecule is CC1COCC(O[N+](=O)[O-])C1C. The average Bonchev–Trinajstić information content (AvgIpc) is 1.98. The van der Waals surface area contributed by atoms with Gasteiger partial charge in [-0.2, -0.15) is 0 Å². The maximum atomic E-state index is 10.0. The fourth-order valence-corrected chi connectivity index (χ4v) is 1.28. The highest BCUT2D eigenvalue weighted by Gasteiger charge is 2.30. The Hall–Kier alpha value is -0.840. The Morgan fingerprint density at radius 1 is 1.50 bits per heavy atom. The molecule has 0 spiro atoms. The van der Waals surface area contributed by atoms with Gasteiger partial charge in [-0.25, -0.2) is 0 Å². The van der Waals surface area contributed by atoms with Crippen molar-refractivity contribution in [2.24, 2.45) is 11.8 Å². The first-order chi connectivity index (χ1) is 5.61. The standard InChI is InChI=1S/C7H13NO4/c1-5-3-11-4-7(6(5)2)12-8(9)10/h5-7H,3-4H2,1-2H3. The van der Waals surface area contributed by atoms with E-state index in [0.717, 1.165) is 0 Å². The molecular weight excluding hydrogens is 162 g/mol. The van der Waals surface area contributed by atoms with Gasteiger partial charge in [0, 0.05) is 6.61 Å². The molecule has 0 radical (unpaired) electrons. The molecule has 1 saturated heterocycles. The van der Waals surface area contributed by atoms with Crippen molar-refractivity contribution in [2.75, 3.05) is 13.2 Å². The highest BCUT2D eigenvalue weighted by molar-refractivity contribution is 4.74. The van der Waals surface area contributed by atoms with Gasteiger partial charge in [-0.15, -0.1) is 10.1 Å². The van der Waals surface area contributed by atoms with Crippen molar-refractivity contribution in [2.45, 2.75) is 20.0 Å². The zero-order valence-corrected chi connectivity index (χ0v) is 7.23. The van der Waals surface area contributed by atoms with Crippen molar-refractivity contribution in [3.8, 4) is 0 Å². The van der Waals surface area contributed by atoms with Crippen molar-refractivity contribution in [1.82, 2.24) is 0 Å². The Morgan fingerprint density at radius 3 is 2.75 bits per heavy atom. The highest BCUT2D eigenvalue weighted by atomic mass is 17.0. The minimum Gasteiger partial charge on any atom is -0.379 e. The molecule has 0 aromatic rings. The van der Waals surface area contributed by atoms with Crippen molar-refractivity contribution in [3.63, 3.8) is 0 Å². The Bertz CT molecular complexity index is 173. The predicted molar refractivity (Wildman–Crippen MR) is 41.0 cm³/mol. The van der Waals surface area contributed by atoms with Gasteiger partial charge in [-0.3, -0.25) is 0 Å². The van der Waals surface area contributed by atoms with Crippen molar-refractivity contribution in [1.29, 1.82) is 0 Å². The van der Waals surface area contributed by atoms with E-state index in [9.17, 15) is 10.1 Å². The molecule has 1 heterocycles. The largest absolute Gasteiger partial charge is 0.379 e. The van der Waals surface area contributed by atoms with Crippen LogP contribution < -0.4 is 0 Å². The van der Waals surface area contributed by atoms with E-state index in [4.69, 9.17) is 4.74 Å². The van der Waals surface area contributed by atoms with Crippen LogP contribution in [0.5, 0.6) is 0 Å². The molecule has 70 valence electrons. The lowest BCUT2D eigenvalue weighted by Gasteiger charge is -2.31. The molecule has 1 fully saturated rings. The topological polar surface area (TPSA) is 61.6 Å². The van der Waals surface area contributed by atoms with Gasteiger partial charge in [0.15, 0.2) is 0 Å².